The van der Waals surface area contributed by atoms with E-state index in [0.717, 1.165) is 38.4 Å². The standard InChI is InChI=1S/C17H19Cl2N5O/c1-2-23-5-7-24(8-6-23)16(25)12-10-20-17(21-11-12)22-13-3-4-14(18)15(19)9-13/h3-4,9-11H,2,5-8H2,1H3,(H,20,21,22). The van der Waals surface area contributed by atoms with E-state index in [1.54, 1.807) is 30.6 Å². The topological polar surface area (TPSA) is 61.4 Å². The molecule has 1 N–H and O–H groups in total. The van der Waals surface area contributed by atoms with Gasteiger partial charge >= 0.3 is 0 Å². The number of halogens is 2. The van der Waals surface area contributed by atoms with Crippen molar-refractivity contribution in [2.45, 2.75) is 6.92 Å². The first-order chi connectivity index (χ1) is 12.1. The number of hydrogen-bond acceptors (Lipinski definition) is 5. The van der Waals surface area contributed by atoms with Crippen molar-refractivity contribution in [1.82, 2.24) is 19.8 Å². The molecule has 132 valence electrons. The number of nitrogens with one attached hydrogen (secondary N) is 1. The molecular weight excluding hydrogens is 361 g/mol. The molecular formula is C17H19Cl2N5O. The van der Waals surface area contributed by atoms with Crippen molar-refractivity contribution in [2.24, 2.45) is 0 Å². The minimum atomic E-state index is -0.0307. The number of nitrogens with zero attached hydrogens (tertiary/aromatic N) is 4. The fraction of sp³-hybridized carbons (Fsp3) is 0.353. The van der Waals surface area contributed by atoms with Gasteiger partial charge in [-0.2, -0.15) is 0 Å². The summed E-state index contributed by atoms with van der Waals surface area (Å²) < 4.78 is 0. The Balaban J connectivity index is 1.63. The number of aromatic nitrogens is 2. The van der Waals surface area contributed by atoms with E-state index in [1.165, 1.54) is 0 Å². The van der Waals surface area contributed by atoms with E-state index >= 15 is 0 Å². The first-order valence-corrected chi connectivity index (χ1v) is 8.88. The molecule has 6 nitrogen and oxygen atoms in total. The lowest BCUT2D eigenvalue weighted by molar-refractivity contribution is 0.0642. The summed E-state index contributed by atoms with van der Waals surface area (Å²) in [6.07, 6.45) is 3.09. The van der Waals surface area contributed by atoms with E-state index in [4.69, 9.17) is 23.2 Å². The number of carbonyl (C=O) groups excluding carboxylic acids is 1. The van der Waals surface area contributed by atoms with Gasteiger partial charge in [0, 0.05) is 44.3 Å². The predicted molar refractivity (Wildman–Crippen MR) is 99.8 cm³/mol. The number of carbonyl (C=O) groups is 1. The normalized spacial score (nSPS) is 15.2. The fourth-order valence-electron chi connectivity index (χ4n) is 2.66. The minimum Gasteiger partial charge on any atom is -0.336 e. The summed E-state index contributed by atoms with van der Waals surface area (Å²) in [5.41, 5.74) is 1.22. The van der Waals surface area contributed by atoms with Crippen molar-refractivity contribution >= 4 is 40.7 Å². The summed E-state index contributed by atoms with van der Waals surface area (Å²) in [4.78, 5) is 25.1. The van der Waals surface area contributed by atoms with Crippen molar-refractivity contribution in [3.63, 3.8) is 0 Å². The largest absolute Gasteiger partial charge is 0.336 e. The zero-order chi connectivity index (χ0) is 17.8. The van der Waals surface area contributed by atoms with Crippen molar-refractivity contribution in [3.8, 4) is 0 Å². The van der Waals surface area contributed by atoms with Gasteiger partial charge in [-0.1, -0.05) is 30.1 Å². The molecule has 0 radical (unpaired) electrons. The number of amides is 1. The Morgan fingerprint density at radius 1 is 1.12 bits per heavy atom. The molecule has 1 aromatic carbocycles. The first kappa shape index (κ1) is 17.9. The Bertz CT molecular complexity index is 745. The fourth-order valence-corrected chi connectivity index (χ4v) is 2.95. The van der Waals surface area contributed by atoms with Crippen LogP contribution in [-0.2, 0) is 0 Å². The smallest absolute Gasteiger partial charge is 0.257 e. The third-order valence-corrected chi connectivity index (χ3v) is 4.92. The molecule has 0 bridgehead atoms. The van der Waals surface area contributed by atoms with Crippen LogP contribution in [0.25, 0.3) is 0 Å². The van der Waals surface area contributed by atoms with E-state index in [2.05, 4.69) is 27.1 Å². The first-order valence-electron chi connectivity index (χ1n) is 8.12. The van der Waals surface area contributed by atoms with Gasteiger partial charge in [0.2, 0.25) is 5.95 Å². The van der Waals surface area contributed by atoms with E-state index in [1.807, 2.05) is 4.90 Å². The highest BCUT2D eigenvalue weighted by Gasteiger charge is 2.21. The number of benzene rings is 1. The molecule has 0 saturated carbocycles. The van der Waals surface area contributed by atoms with Gasteiger partial charge in [-0.15, -0.1) is 0 Å². The summed E-state index contributed by atoms with van der Waals surface area (Å²) in [5, 5.41) is 3.97. The van der Waals surface area contributed by atoms with E-state index < -0.39 is 0 Å². The molecule has 1 fully saturated rings. The van der Waals surface area contributed by atoms with Crippen LogP contribution in [0.4, 0.5) is 11.6 Å². The molecule has 0 atom stereocenters. The van der Waals surface area contributed by atoms with Crippen molar-refractivity contribution in [1.29, 1.82) is 0 Å². The van der Waals surface area contributed by atoms with Gasteiger partial charge in [-0.3, -0.25) is 4.79 Å². The Kier molecular flexibility index (Phi) is 5.73. The SMILES string of the molecule is CCN1CCN(C(=O)c2cnc(Nc3ccc(Cl)c(Cl)c3)nc2)CC1. The quantitative estimate of drug-likeness (QED) is 0.882. The van der Waals surface area contributed by atoms with E-state index in [9.17, 15) is 4.79 Å². The van der Waals surface area contributed by atoms with Crippen LogP contribution in [0.5, 0.6) is 0 Å². The molecule has 0 aliphatic carbocycles. The molecule has 2 aromatic rings. The van der Waals surface area contributed by atoms with Gasteiger partial charge in [-0.25, -0.2) is 9.97 Å². The number of hydrogen-bond donors (Lipinski definition) is 1. The Hall–Kier alpha value is -1.89. The predicted octanol–water partition coefficient (Wildman–Crippen LogP) is 3.30. The molecule has 1 saturated heterocycles. The van der Waals surface area contributed by atoms with Crippen LogP contribution in [-0.4, -0.2) is 58.4 Å². The second kappa shape index (κ2) is 7.99. The third kappa shape index (κ3) is 4.39. The van der Waals surface area contributed by atoms with Gasteiger partial charge in [0.25, 0.3) is 5.91 Å². The second-order valence-corrected chi connectivity index (χ2v) is 6.59. The molecule has 1 amide bonds. The molecule has 8 heteroatoms. The lowest BCUT2D eigenvalue weighted by Gasteiger charge is -2.33. The summed E-state index contributed by atoms with van der Waals surface area (Å²) in [6.45, 7) is 6.41. The number of rotatable bonds is 4. The summed E-state index contributed by atoms with van der Waals surface area (Å²) >= 11 is 11.9. The van der Waals surface area contributed by atoms with Crippen LogP contribution in [0.15, 0.2) is 30.6 Å². The zero-order valence-corrected chi connectivity index (χ0v) is 15.4. The maximum Gasteiger partial charge on any atom is 0.257 e. The molecule has 1 aromatic heterocycles. The number of likely N-dealkylation sites (N-methyl/N-ethyl adjacent to an activating group) is 1. The number of anilines is 2. The van der Waals surface area contributed by atoms with Crippen molar-refractivity contribution in [2.75, 3.05) is 38.0 Å². The van der Waals surface area contributed by atoms with Gasteiger partial charge in [0.15, 0.2) is 0 Å². The van der Waals surface area contributed by atoms with Crippen LogP contribution < -0.4 is 5.32 Å². The molecule has 0 spiro atoms. The molecule has 2 heterocycles. The highest BCUT2D eigenvalue weighted by molar-refractivity contribution is 6.42. The van der Waals surface area contributed by atoms with Crippen LogP contribution in [0, 0.1) is 0 Å². The van der Waals surface area contributed by atoms with Crippen molar-refractivity contribution in [3.05, 3.63) is 46.2 Å². The molecule has 3 rings (SSSR count). The summed E-state index contributed by atoms with van der Waals surface area (Å²) in [6, 6.07) is 5.17. The Morgan fingerprint density at radius 3 is 2.40 bits per heavy atom. The molecule has 0 unspecified atom stereocenters. The number of piperazine rings is 1. The average molecular weight is 380 g/mol. The van der Waals surface area contributed by atoms with Gasteiger partial charge in [-0.05, 0) is 24.7 Å². The third-order valence-electron chi connectivity index (χ3n) is 4.18. The van der Waals surface area contributed by atoms with Crippen LogP contribution in [0.3, 0.4) is 0 Å². The molecule has 1 aliphatic heterocycles. The minimum absolute atomic E-state index is 0.0307. The summed E-state index contributed by atoms with van der Waals surface area (Å²) in [7, 11) is 0. The maximum absolute atomic E-state index is 12.5. The van der Waals surface area contributed by atoms with Gasteiger partial charge in [0.1, 0.15) is 0 Å². The zero-order valence-electron chi connectivity index (χ0n) is 13.9. The second-order valence-electron chi connectivity index (χ2n) is 5.78. The van der Waals surface area contributed by atoms with Gasteiger partial charge in [0.05, 0.1) is 15.6 Å². The summed E-state index contributed by atoms with van der Waals surface area (Å²) in [5.74, 6) is 0.364. The monoisotopic (exact) mass is 379 g/mol. The molecule has 25 heavy (non-hydrogen) atoms. The Labute approximate surface area is 156 Å². The highest BCUT2D eigenvalue weighted by atomic mass is 35.5. The van der Waals surface area contributed by atoms with E-state index in [-0.39, 0.29) is 5.91 Å². The lowest BCUT2D eigenvalue weighted by atomic mass is 10.2. The van der Waals surface area contributed by atoms with Crippen LogP contribution in [0.1, 0.15) is 17.3 Å². The average Bonchev–Trinajstić information content (AvgIpc) is 2.65. The highest BCUT2D eigenvalue weighted by Crippen LogP contribution is 2.26. The van der Waals surface area contributed by atoms with Gasteiger partial charge < -0.3 is 15.1 Å². The van der Waals surface area contributed by atoms with Crippen LogP contribution >= 0.6 is 23.2 Å². The van der Waals surface area contributed by atoms with Crippen LogP contribution in [0.2, 0.25) is 10.0 Å². The van der Waals surface area contributed by atoms with Crippen molar-refractivity contribution < 1.29 is 4.79 Å². The van der Waals surface area contributed by atoms with E-state index in [0.29, 0.717) is 21.6 Å². The lowest BCUT2D eigenvalue weighted by Crippen LogP contribution is -2.48. The Morgan fingerprint density at radius 2 is 1.80 bits per heavy atom. The maximum atomic E-state index is 12.5. The molecule has 1 aliphatic rings.